The van der Waals surface area contributed by atoms with E-state index in [1.165, 1.54) is 0 Å². The number of nitrogens with zero attached hydrogens (tertiary/aromatic N) is 2. The first-order valence-electron chi connectivity index (χ1n) is 7.52. The van der Waals surface area contributed by atoms with Crippen molar-refractivity contribution in [2.75, 3.05) is 5.32 Å². The van der Waals surface area contributed by atoms with Gasteiger partial charge in [-0.3, -0.25) is 4.79 Å². The lowest BCUT2D eigenvalue weighted by molar-refractivity contribution is 0.103. The fraction of sp³-hybridized carbons (Fsp3) is 0.167. The number of rotatable bonds is 6. The molecule has 2 aromatic carbocycles. The number of hydrogen-bond donors (Lipinski definition) is 1. The number of para-hydroxylation sites is 1. The molecule has 116 valence electrons. The van der Waals surface area contributed by atoms with Crippen LogP contribution in [0.25, 0.3) is 0 Å². The highest BCUT2D eigenvalue weighted by atomic mass is 16.4. The number of benzene rings is 2. The molecule has 3 rings (SSSR count). The predicted molar refractivity (Wildman–Crippen MR) is 87.3 cm³/mol. The van der Waals surface area contributed by atoms with Crippen LogP contribution in [0.5, 0.6) is 0 Å². The van der Waals surface area contributed by atoms with E-state index in [2.05, 4.69) is 15.5 Å². The summed E-state index contributed by atoms with van der Waals surface area (Å²) in [4.78, 5) is 12.6. The molecule has 0 saturated heterocycles. The van der Waals surface area contributed by atoms with E-state index >= 15 is 0 Å². The van der Waals surface area contributed by atoms with Crippen molar-refractivity contribution >= 4 is 11.5 Å². The molecule has 1 aromatic heterocycles. The topological polar surface area (TPSA) is 68.0 Å². The maximum atomic E-state index is 12.6. The molecule has 0 aliphatic carbocycles. The second-order valence-electron chi connectivity index (χ2n) is 5.04. The molecule has 0 atom stereocenters. The Morgan fingerprint density at radius 3 is 2.43 bits per heavy atom. The Morgan fingerprint density at radius 1 is 1.00 bits per heavy atom. The molecule has 5 nitrogen and oxygen atoms in total. The van der Waals surface area contributed by atoms with Gasteiger partial charge in [0.2, 0.25) is 11.8 Å². The average molecular weight is 307 g/mol. The van der Waals surface area contributed by atoms with Gasteiger partial charge in [-0.25, -0.2) is 0 Å². The van der Waals surface area contributed by atoms with Crippen LogP contribution in [-0.4, -0.2) is 16.0 Å². The molecule has 0 fully saturated rings. The van der Waals surface area contributed by atoms with E-state index in [1.54, 1.807) is 0 Å². The van der Waals surface area contributed by atoms with E-state index in [9.17, 15) is 4.79 Å². The van der Waals surface area contributed by atoms with Crippen LogP contribution >= 0.6 is 0 Å². The van der Waals surface area contributed by atoms with Gasteiger partial charge in [0.15, 0.2) is 5.78 Å². The van der Waals surface area contributed by atoms with Crippen molar-refractivity contribution in [3.8, 4) is 0 Å². The lowest BCUT2D eigenvalue weighted by atomic mass is 10.0. The molecule has 5 heteroatoms. The SMILES string of the molecule is CCc1nnc(CNc2ccccc2C(=O)c2ccccc2)o1. The van der Waals surface area contributed by atoms with Crippen molar-refractivity contribution in [3.05, 3.63) is 77.5 Å². The van der Waals surface area contributed by atoms with Gasteiger partial charge in [-0.15, -0.1) is 10.2 Å². The van der Waals surface area contributed by atoms with Gasteiger partial charge in [-0.05, 0) is 12.1 Å². The zero-order valence-electron chi connectivity index (χ0n) is 12.8. The summed E-state index contributed by atoms with van der Waals surface area (Å²) in [6.45, 7) is 2.34. The average Bonchev–Trinajstić information content (AvgIpc) is 3.08. The molecule has 0 bridgehead atoms. The van der Waals surface area contributed by atoms with Crippen LogP contribution in [0.4, 0.5) is 5.69 Å². The van der Waals surface area contributed by atoms with Crippen LogP contribution in [0.2, 0.25) is 0 Å². The summed E-state index contributed by atoms with van der Waals surface area (Å²) in [5.74, 6) is 1.09. The van der Waals surface area contributed by atoms with E-state index in [4.69, 9.17) is 4.42 Å². The molecular weight excluding hydrogens is 290 g/mol. The highest BCUT2D eigenvalue weighted by Crippen LogP contribution is 2.20. The molecule has 0 unspecified atom stereocenters. The Balaban J connectivity index is 1.79. The van der Waals surface area contributed by atoms with Gasteiger partial charge < -0.3 is 9.73 Å². The summed E-state index contributed by atoms with van der Waals surface area (Å²) in [5.41, 5.74) is 2.03. The molecule has 3 aromatic rings. The summed E-state index contributed by atoms with van der Waals surface area (Å²) in [6.07, 6.45) is 0.704. The van der Waals surface area contributed by atoms with Crippen molar-refractivity contribution in [1.29, 1.82) is 0 Å². The standard InChI is InChI=1S/C18H17N3O2/c1-2-16-20-21-17(23-16)12-19-15-11-7-6-10-14(15)18(22)13-8-4-3-5-9-13/h3-11,19H,2,12H2,1H3. The Bertz CT molecular complexity index is 797. The Kier molecular flexibility index (Phi) is 4.47. The van der Waals surface area contributed by atoms with Crippen molar-refractivity contribution in [1.82, 2.24) is 10.2 Å². The van der Waals surface area contributed by atoms with Crippen molar-refractivity contribution < 1.29 is 9.21 Å². The van der Waals surface area contributed by atoms with Crippen LogP contribution in [-0.2, 0) is 13.0 Å². The Morgan fingerprint density at radius 2 is 1.70 bits per heavy atom. The first-order valence-corrected chi connectivity index (χ1v) is 7.52. The van der Waals surface area contributed by atoms with Crippen LogP contribution in [0.1, 0.15) is 34.6 Å². The monoisotopic (exact) mass is 307 g/mol. The maximum absolute atomic E-state index is 12.6. The van der Waals surface area contributed by atoms with E-state index in [-0.39, 0.29) is 5.78 Å². The van der Waals surface area contributed by atoms with Crippen LogP contribution in [0, 0.1) is 0 Å². The van der Waals surface area contributed by atoms with E-state index < -0.39 is 0 Å². The maximum Gasteiger partial charge on any atom is 0.235 e. The number of nitrogens with one attached hydrogen (secondary N) is 1. The smallest absolute Gasteiger partial charge is 0.235 e. The zero-order chi connectivity index (χ0) is 16.1. The molecule has 1 N–H and O–H groups in total. The lowest BCUT2D eigenvalue weighted by Gasteiger charge is -2.10. The second-order valence-corrected chi connectivity index (χ2v) is 5.04. The largest absolute Gasteiger partial charge is 0.423 e. The number of anilines is 1. The molecule has 0 saturated carbocycles. The van der Waals surface area contributed by atoms with Gasteiger partial charge in [0, 0.05) is 23.2 Å². The summed E-state index contributed by atoms with van der Waals surface area (Å²) in [6, 6.07) is 16.6. The fourth-order valence-corrected chi connectivity index (χ4v) is 2.25. The lowest BCUT2D eigenvalue weighted by Crippen LogP contribution is -2.08. The Labute approximate surface area is 134 Å². The highest BCUT2D eigenvalue weighted by molar-refractivity contribution is 6.12. The van der Waals surface area contributed by atoms with Gasteiger partial charge in [0.25, 0.3) is 0 Å². The summed E-state index contributed by atoms with van der Waals surface area (Å²) < 4.78 is 5.47. The predicted octanol–water partition coefficient (Wildman–Crippen LogP) is 3.48. The van der Waals surface area contributed by atoms with Gasteiger partial charge in [-0.1, -0.05) is 49.4 Å². The number of aromatic nitrogens is 2. The highest BCUT2D eigenvalue weighted by Gasteiger charge is 2.13. The molecule has 0 aliphatic rings. The molecule has 0 spiro atoms. The minimum Gasteiger partial charge on any atom is -0.423 e. The molecular formula is C18H17N3O2. The van der Waals surface area contributed by atoms with Crippen LogP contribution in [0.3, 0.4) is 0 Å². The van der Waals surface area contributed by atoms with Gasteiger partial charge >= 0.3 is 0 Å². The van der Waals surface area contributed by atoms with Crippen LogP contribution < -0.4 is 5.32 Å². The fourth-order valence-electron chi connectivity index (χ4n) is 2.25. The van der Waals surface area contributed by atoms with Crippen molar-refractivity contribution in [2.45, 2.75) is 19.9 Å². The van der Waals surface area contributed by atoms with Gasteiger partial charge in [-0.2, -0.15) is 0 Å². The quantitative estimate of drug-likeness (QED) is 0.706. The van der Waals surface area contributed by atoms with E-state index in [0.717, 1.165) is 5.69 Å². The summed E-state index contributed by atoms with van der Waals surface area (Å²) >= 11 is 0. The molecule has 23 heavy (non-hydrogen) atoms. The molecule has 1 heterocycles. The van der Waals surface area contributed by atoms with E-state index in [1.807, 2.05) is 61.5 Å². The number of carbonyl (C=O) groups excluding carboxylic acids is 1. The minimum atomic E-state index is -0.0199. The minimum absolute atomic E-state index is 0.0199. The normalized spacial score (nSPS) is 10.5. The number of ketones is 1. The Hall–Kier alpha value is -2.95. The van der Waals surface area contributed by atoms with E-state index in [0.29, 0.717) is 35.9 Å². The third-order valence-corrected chi connectivity index (χ3v) is 3.45. The molecule has 0 amide bonds. The van der Waals surface area contributed by atoms with Gasteiger partial charge in [0.05, 0.1) is 6.54 Å². The molecule has 0 aliphatic heterocycles. The number of hydrogen-bond acceptors (Lipinski definition) is 5. The summed E-state index contributed by atoms with van der Waals surface area (Å²) in [5, 5.41) is 11.1. The third-order valence-electron chi connectivity index (χ3n) is 3.45. The third kappa shape index (κ3) is 3.45. The van der Waals surface area contributed by atoms with Gasteiger partial charge in [0.1, 0.15) is 0 Å². The zero-order valence-corrected chi connectivity index (χ0v) is 12.8. The van der Waals surface area contributed by atoms with Crippen molar-refractivity contribution in [3.63, 3.8) is 0 Å². The first-order chi connectivity index (χ1) is 11.3. The van der Waals surface area contributed by atoms with Crippen LogP contribution in [0.15, 0.2) is 59.0 Å². The summed E-state index contributed by atoms with van der Waals surface area (Å²) in [7, 11) is 0. The first kappa shape index (κ1) is 15.0. The number of aryl methyl sites for hydroxylation is 1. The number of carbonyl (C=O) groups is 1. The second kappa shape index (κ2) is 6.87. The molecule has 0 radical (unpaired) electrons. The van der Waals surface area contributed by atoms with Crippen molar-refractivity contribution in [2.24, 2.45) is 0 Å².